The van der Waals surface area contributed by atoms with Crippen molar-refractivity contribution >= 4 is 39.2 Å². The Morgan fingerprint density at radius 3 is 2.18 bits per heavy atom. The van der Waals surface area contributed by atoms with Gasteiger partial charge in [-0.15, -0.1) is 0 Å². The molecule has 0 aliphatic rings. The lowest BCUT2D eigenvalue weighted by molar-refractivity contribution is 0.0528. The molecule has 0 bridgehead atoms. The molecule has 0 amide bonds. The number of benzene rings is 4. The Kier molecular flexibility index (Phi) is 5.84. The van der Waals surface area contributed by atoms with Crippen LogP contribution in [0.4, 0.5) is 0 Å². The molecule has 0 radical (unpaired) electrons. The fraction of sp³-hybridized carbons (Fsp3) is 0.152. The lowest BCUT2D eigenvalue weighted by Crippen LogP contribution is -2.07. The second kappa shape index (κ2) is 9.34. The van der Waals surface area contributed by atoms with Crippen molar-refractivity contribution in [3.8, 4) is 0 Å². The van der Waals surface area contributed by atoms with Crippen molar-refractivity contribution in [1.82, 2.24) is 8.97 Å². The molecule has 0 aliphatic carbocycles. The van der Waals surface area contributed by atoms with Crippen molar-refractivity contribution in [2.45, 2.75) is 27.3 Å². The van der Waals surface area contributed by atoms with Gasteiger partial charge >= 0.3 is 5.97 Å². The molecule has 2 heterocycles. The van der Waals surface area contributed by atoms with Crippen LogP contribution in [0.25, 0.3) is 27.5 Å². The minimum atomic E-state index is -0.437. The van der Waals surface area contributed by atoms with Gasteiger partial charge in [-0.2, -0.15) is 0 Å². The fourth-order valence-corrected chi connectivity index (χ4v) is 5.24. The summed E-state index contributed by atoms with van der Waals surface area (Å²) < 4.78 is 9.53. The number of esters is 1. The second-order valence-electron chi connectivity index (χ2n) is 9.71. The van der Waals surface area contributed by atoms with Crippen LogP contribution in [0.15, 0.2) is 91.0 Å². The molecular weight excluding hydrogens is 472 g/mol. The van der Waals surface area contributed by atoms with Crippen molar-refractivity contribution in [1.29, 1.82) is 0 Å². The second-order valence-corrected chi connectivity index (χ2v) is 9.71. The van der Waals surface area contributed by atoms with Crippen LogP contribution in [0.1, 0.15) is 50.0 Å². The van der Waals surface area contributed by atoms with E-state index in [0.717, 1.165) is 38.5 Å². The normalized spacial score (nSPS) is 11.4. The number of rotatable bonds is 6. The molecule has 6 rings (SSSR count). The predicted molar refractivity (Wildman–Crippen MR) is 151 cm³/mol. The van der Waals surface area contributed by atoms with E-state index in [0.29, 0.717) is 29.0 Å². The average molecular weight is 501 g/mol. The van der Waals surface area contributed by atoms with Gasteiger partial charge in [0.1, 0.15) is 11.2 Å². The van der Waals surface area contributed by atoms with Gasteiger partial charge in [0, 0.05) is 12.1 Å². The van der Waals surface area contributed by atoms with Crippen LogP contribution in [-0.4, -0.2) is 27.3 Å². The summed E-state index contributed by atoms with van der Waals surface area (Å²) in [6, 6.07) is 29.8. The number of carbonyl (C=O) groups is 2. The molecule has 5 nitrogen and oxygen atoms in total. The summed E-state index contributed by atoms with van der Waals surface area (Å²) >= 11 is 0. The highest BCUT2D eigenvalue weighted by Crippen LogP contribution is 2.32. The Hall–Kier alpha value is -4.64. The number of hydrogen-bond donors (Lipinski definition) is 0. The van der Waals surface area contributed by atoms with Gasteiger partial charge in [0.2, 0.25) is 5.78 Å². The number of aryl methyl sites for hydroxylation is 2. The van der Waals surface area contributed by atoms with Gasteiger partial charge in [0.25, 0.3) is 0 Å². The number of imidazole rings is 1. The highest BCUT2D eigenvalue weighted by molar-refractivity contribution is 6.13. The molecule has 0 spiro atoms. The Morgan fingerprint density at radius 1 is 0.763 bits per heavy atom. The summed E-state index contributed by atoms with van der Waals surface area (Å²) in [4.78, 5) is 27.3. The van der Waals surface area contributed by atoms with E-state index < -0.39 is 5.97 Å². The SMILES string of the molecule is CCOC(=O)c1cc(C(=O)c2ccc3ccccc3c2)n2c3cc(C)c(C)cc3n(Cc3ccccc3)c12. The molecular formula is C33H28N2O3. The number of nitrogens with zero attached hydrogens (tertiary/aromatic N) is 2. The first-order chi connectivity index (χ1) is 18.5. The third kappa shape index (κ3) is 3.88. The van der Waals surface area contributed by atoms with Crippen LogP contribution < -0.4 is 0 Å². The van der Waals surface area contributed by atoms with Crippen molar-refractivity contribution in [2.75, 3.05) is 6.61 Å². The van der Waals surface area contributed by atoms with E-state index in [4.69, 9.17) is 4.74 Å². The van der Waals surface area contributed by atoms with Crippen molar-refractivity contribution in [3.05, 3.63) is 125 Å². The number of ketones is 1. The zero-order valence-corrected chi connectivity index (χ0v) is 21.7. The Labute approximate surface area is 220 Å². The van der Waals surface area contributed by atoms with Crippen molar-refractivity contribution < 1.29 is 14.3 Å². The fourth-order valence-electron chi connectivity index (χ4n) is 5.24. The van der Waals surface area contributed by atoms with Gasteiger partial charge in [-0.05, 0) is 72.5 Å². The van der Waals surface area contributed by atoms with Crippen LogP contribution in [-0.2, 0) is 11.3 Å². The van der Waals surface area contributed by atoms with E-state index in [1.54, 1.807) is 13.0 Å². The van der Waals surface area contributed by atoms with Crippen LogP contribution in [0.2, 0.25) is 0 Å². The summed E-state index contributed by atoms with van der Waals surface area (Å²) in [6.45, 7) is 6.74. The maximum atomic E-state index is 14.1. The van der Waals surface area contributed by atoms with Gasteiger partial charge < -0.3 is 9.30 Å². The topological polar surface area (TPSA) is 52.7 Å². The lowest BCUT2D eigenvalue weighted by atomic mass is 10.0. The summed E-state index contributed by atoms with van der Waals surface area (Å²) in [6.07, 6.45) is 0. The minimum Gasteiger partial charge on any atom is -0.462 e. The first kappa shape index (κ1) is 23.7. The summed E-state index contributed by atoms with van der Waals surface area (Å²) in [5.74, 6) is -0.577. The monoisotopic (exact) mass is 500 g/mol. The molecule has 0 aliphatic heterocycles. The summed E-state index contributed by atoms with van der Waals surface area (Å²) in [5.41, 5.74) is 7.28. The summed E-state index contributed by atoms with van der Waals surface area (Å²) in [5, 5.41) is 2.07. The molecule has 6 aromatic rings. The van der Waals surface area contributed by atoms with Crippen molar-refractivity contribution in [2.24, 2.45) is 0 Å². The molecule has 2 aromatic heterocycles. The summed E-state index contributed by atoms with van der Waals surface area (Å²) in [7, 11) is 0. The van der Waals surface area contributed by atoms with Gasteiger partial charge in [-0.1, -0.05) is 66.7 Å². The van der Waals surface area contributed by atoms with Crippen LogP contribution in [0.3, 0.4) is 0 Å². The smallest absolute Gasteiger partial charge is 0.341 e. The van der Waals surface area contributed by atoms with Gasteiger partial charge in [0.15, 0.2) is 0 Å². The third-order valence-corrected chi connectivity index (χ3v) is 7.28. The standard InChI is InChI=1S/C33H28N2O3/c1-4-38-33(37)27-19-30(31(36)26-15-14-24-12-8-9-13-25(24)18-26)35-29-17-22(3)21(2)16-28(29)34(32(27)35)20-23-10-6-5-7-11-23/h5-19H,4,20H2,1-3H3. The Bertz CT molecular complexity index is 1860. The van der Waals surface area contributed by atoms with Crippen molar-refractivity contribution in [3.63, 3.8) is 0 Å². The third-order valence-electron chi connectivity index (χ3n) is 7.28. The van der Waals surface area contributed by atoms with E-state index >= 15 is 0 Å². The molecule has 0 saturated carbocycles. The first-order valence-corrected chi connectivity index (χ1v) is 12.9. The molecule has 38 heavy (non-hydrogen) atoms. The molecule has 0 N–H and O–H groups in total. The quantitative estimate of drug-likeness (QED) is 0.181. The zero-order valence-electron chi connectivity index (χ0n) is 21.7. The van der Waals surface area contributed by atoms with Crippen LogP contribution in [0, 0.1) is 13.8 Å². The van der Waals surface area contributed by atoms with E-state index in [-0.39, 0.29) is 12.4 Å². The molecule has 0 fully saturated rings. The van der Waals surface area contributed by atoms with Crippen LogP contribution in [0.5, 0.6) is 0 Å². The molecule has 5 heteroatoms. The van der Waals surface area contributed by atoms with E-state index in [1.165, 1.54) is 0 Å². The molecule has 0 unspecified atom stereocenters. The number of hydrogen-bond acceptors (Lipinski definition) is 3. The minimum absolute atomic E-state index is 0.140. The Morgan fingerprint density at radius 2 is 1.45 bits per heavy atom. The predicted octanol–water partition coefficient (Wildman–Crippen LogP) is 7.12. The van der Waals surface area contributed by atoms with E-state index in [9.17, 15) is 9.59 Å². The number of carbonyl (C=O) groups excluding carboxylic acids is 2. The maximum Gasteiger partial charge on any atom is 0.341 e. The largest absolute Gasteiger partial charge is 0.462 e. The molecule has 4 aromatic carbocycles. The van der Waals surface area contributed by atoms with Gasteiger partial charge in [-0.3, -0.25) is 9.20 Å². The number of aromatic nitrogens is 2. The van der Waals surface area contributed by atoms with Gasteiger partial charge in [-0.25, -0.2) is 4.79 Å². The highest BCUT2D eigenvalue weighted by Gasteiger charge is 2.27. The maximum absolute atomic E-state index is 14.1. The first-order valence-electron chi connectivity index (χ1n) is 12.9. The lowest BCUT2D eigenvalue weighted by Gasteiger charge is -2.09. The van der Waals surface area contributed by atoms with Crippen LogP contribution >= 0.6 is 0 Å². The average Bonchev–Trinajstić information content (AvgIpc) is 3.46. The molecule has 0 atom stereocenters. The molecule has 0 saturated heterocycles. The highest BCUT2D eigenvalue weighted by atomic mass is 16.5. The Balaban J connectivity index is 1.66. The molecule has 188 valence electrons. The van der Waals surface area contributed by atoms with Gasteiger partial charge in [0.05, 0.1) is 23.3 Å². The number of fused-ring (bicyclic) bond motifs is 4. The van der Waals surface area contributed by atoms with E-state index in [1.807, 2.05) is 65.1 Å². The van der Waals surface area contributed by atoms with E-state index in [2.05, 4.69) is 42.7 Å². The zero-order chi connectivity index (χ0) is 26.4. The number of ether oxygens (including phenoxy) is 1.